The first-order valence-corrected chi connectivity index (χ1v) is 6.75. The standard InChI is InChI=1S/C14H18F4N2.ClH/c1-2-12(20-8-6-19-7-9-20)10-4-3-5-11(15)13(10)14(16,17)18;/h3-5,12,19H,2,6-9H2,1H3;1H/t12-;/m0./s1. The first kappa shape index (κ1) is 18.2. The third kappa shape index (κ3) is 4.08. The number of benzene rings is 1. The molecular formula is C14H19ClF4N2. The topological polar surface area (TPSA) is 15.3 Å². The fraction of sp³-hybridized carbons (Fsp3) is 0.571. The molecule has 0 aliphatic carbocycles. The lowest BCUT2D eigenvalue weighted by Crippen LogP contribution is -2.45. The summed E-state index contributed by atoms with van der Waals surface area (Å²) in [5.41, 5.74) is -1.08. The molecular weight excluding hydrogens is 308 g/mol. The number of nitrogens with one attached hydrogen (secondary N) is 1. The van der Waals surface area contributed by atoms with Crippen LogP contribution in [-0.4, -0.2) is 31.1 Å². The van der Waals surface area contributed by atoms with E-state index in [9.17, 15) is 17.6 Å². The Balaban J connectivity index is 0.00000220. The van der Waals surface area contributed by atoms with Gasteiger partial charge < -0.3 is 5.32 Å². The van der Waals surface area contributed by atoms with Crippen molar-refractivity contribution in [3.05, 3.63) is 35.1 Å². The smallest absolute Gasteiger partial charge is 0.314 e. The lowest BCUT2D eigenvalue weighted by Gasteiger charge is -2.35. The SMILES string of the molecule is CC[C@@H](c1cccc(F)c1C(F)(F)F)N1CCNCC1.Cl. The summed E-state index contributed by atoms with van der Waals surface area (Å²) in [6.07, 6.45) is -4.14. The quantitative estimate of drug-likeness (QED) is 0.853. The van der Waals surface area contributed by atoms with Gasteiger partial charge in [0.15, 0.2) is 0 Å². The monoisotopic (exact) mass is 326 g/mol. The molecule has 1 N–H and O–H groups in total. The molecule has 1 aliphatic heterocycles. The lowest BCUT2D eigenvalue weighted by molar-refractivity contribution is -0.141. The maximum Gasteiger partial charge on any atom is 0.419 e. The molecule has 0 aromatic heterocycles. The minimum atomic E-state index is -4.66. The molecule has 7 heteroatoms. The van der Waals surface area contributed by atoms with E-state index in [0.717, 1.165) is 19.2 Å². The van der Waals surface area contributed by atoms with E-state index in [1.54, 1.807) is 0 Å². The van der Waals surface area contributed by atoms with Crippen LogP contribution in [-0.2, 0) is 6.18 Å². The van der Waals surface area contributed by atoms with Crippen molar-refractivity contribution in [3.8, 4) is 0 Å². The lowest BCUT2D eigenvalue weighted by atomic mass is 9.95. The van der Waals surface area contributed by atoms with Crippen LogP contribution < -0.4 is 5.32 Å². The molecule has 0 unspecified atom stereocenters. The van der Waals surface area contributed by atoms with Crippen LogP contribution in [0.5, 0.6) is 0 Å². The molecule has 1 aromatic rings. The van der Waals surface area contributed by atoms with Crippen LogP contribution >= 0.6 is 12.4 Å². The summed E-state index contributed by atoms with van der Waals surface area (Å²) in [7, 11) is 0. The van der Waals surface area contributed by atoms with E-state index in [1.807, 2.05) is 11.8 Å². The molecule has 120 valence electrons. The summed E-state index contributed by atoms with van der Waals surface area (Å²) in [5.74, 6) is -1.19. The third-order valence-electron chi connectivity index (χ3n) is 3.67. The van der Waals surface area contributed by atoms with Crippen molar-refractivity contribution in [1.29, 1.82) is 0 Å². The van der Waals surface area contributed by atoms with E-state index < -0.39 is 23.6 Å². The number of hydrogen-bond donors (Lipinski definition) is 1. The van der Waals surface area contributed by atoms with Gasteiger partial charge in [-0.25, -0.2) is 4.39 Å². The van der Waals surface area contributed by atoms with Crippen LogP contribution in [0.1, 0.15) is 30.5 Å². The highest BCUT2D eigenvalue weighted by Crippen LogP contribution is 2.39. The van der Waals surface area contributed by atoms with Gasteiger partial charge in [0.05, 0.1) is 5.56 Å². The van der Waals surface area contributed by atoms with Gasteiger partial charge in [0.25, 0.3) is 0 Å². The summed E-state index contributed by atoms with van der Waals surface area (Å²) < 4.78 is 53.0. The number of halogens is 5. The van der Waals surface area contributed by atoms with Crippen LogP contribution in [0.2, 0.25) is 0 Å². The summed E-state index contributed by atoms with van der Waals surface area (Å²) in [5, 5.41) is 3.16. The molecule has 0 spiro atoms. The zero-order chi connectivity index (χ0) is 14.8. The maximum absolute atomic E-state index is 13.7. The second-order valence-electron chi connectivity index (χ2n) is 4.91. The van der Waals surface area contributed by atoms with Gasteiger partial charge in [-0.05, 0) is 18.1 Å². The van der Waals surface area contributed by atoms with Gasteiger partial charge in [-0.1, -0.05) is 19.1 Å². The van der Waals surface area contributed by atoms with E-state index in [0.29, 0.717) is 19.5 Å². The Morgan fingerprint density at radius 3 is 2.38 bits per heavy atom. The van der Waals surface area contributed by atoms with Crippen LogP contribution in [0.25, 0.3) is 0 Å². The summed E-state index contributed by atoms with van der Waals surface area (Å²) in [6.45, 7) is 4.66. The molecule has 1 aliphatic rings. The summed E-state index contributed by atoms with van der Waals surface area (Å²) in [4.78, 5) is 1.99. The molecule has 2 nitrogen and oxygen atoms in total. The number of rotatable bonds is 3. The molecule has 2 rings (SSSR count). The highest BCUT2D eigenvalue weighted by atomic mass is 35.5. The molecule has 1 atom stereocenters. The van der Waals surface area contributed by atoms with Crippen LogP contribution in [0.15, 0.2) is 18.2 Å². The van der Waals surface area contributed by atoms with E-state index in [4.69, 9.17) is 0 Å². The first-order valence-electron chi connectivity index (χ1n) is 6.75. The largest absolute Gasteiger partial charge is 0.419 e. The van der Waals surface area contributed by atoms with Gasteiger partial charge in [0.2, 0.25) is 0 Å². The van der Waals surface area contributed by atoms with Crippen LogP contribution in [0, 0.1) is 5.82 Å². The summed E-state index contributed by atoms with van der Waals surface area (Å²) in [6, 6.07) is 3.22. The van der Waals surface area contributed by atoms with Crippen molar-refractivity contribution >= 4 is 12.4 Å². The molecule has 1 heterocycles. The molecule has 0 saturated carbocycles. The van der Waals surface area contributed by atoms with E-state index >= 15 is 0 Å². The van der Waals surface area contributed by atoms with E-state index in [1.165, 1.54) is 12.1 Å². The van der Waals surface area contributed by atoms with E-state index in [2.05, 4.69) is 5.32 Å². The normalized spacial score (nSPS) is 18.1. The van der Waals surface area contributed by atoms with Crippen molar-refractivity contribution in [1.82, 2.24) is 10.2 Å². The van der Waals surface area contributed by atoms with Gasteiger partial charge in [-0.15, -0.1) is 12.4 Å². The second-order valence-corrected chi connectivity index (χ2v) is 4.91. The zero-order valence-corrected chi connectivity index (χ0v) is 12.5. The van der Waals surface area contributed by atoms with Crippen LogP contribution in [0.3, 0.4) is 0 Å². The molecule has 0 bridgehead atoms. The Morgan fingerprint density at radius 2 is 1.86 bits per heavy atom. The Labute approximate surface area is 127 Å². The first-order chi connectivity index (χ1) is 9.45. The Hall–Kier alpha value is -0.850. The predicted molar refractivity (Wildman–Crippen MR) is 76.1 cm³/mol. The van der Waals surface area contributed by atoms with E-state index in [-0.39, 0.29) is 18.0 Å². The highest BCUT2D eigenvalue weighted by molar-refractivity contribution is 5.85. The maximum atomic E-state index is 13.7. The zero-order valence-electron chi connectivity index (χ0n) is 11.7. The van der Waals surface area contributed by atoms with Gasteiger partial charge >= 0.3 is 6.18 Å². The van der Waals surface area contributed by atoms with Gasteiger partial charge in [0.1, 0.15) is 5.82 Å². The van der Waals surface area contributed by atoms with Crippen molar-refractivity contribution in [3.63, 3.8) is 0 Å². The van der Waals surface area contributed by atoms with Crippen LogP contribution in [0.4, 0.5) is 17.6 Å². The molecule has 21 heavy (non-hydrogen) atoms. The molecule has 1 aromatic carbocycles. The van der Waals surface area contributed by atoms with Crippen molar-refractivity contribution in [2.45, 2.75) is 25.6 Å². The molecule has 1 saturated heterocycles. The fourth-order valence-electron chi connectivity index (χ4n) is 2.79. The number of nitrogens with zero attached hydrogens (tertiary/aromatic N) is 1. The fourth-order valence-corrected chi connectivity index (χ4v) is 2.79. The second kappa shape index (κ2) is 7.42. The predicted octanol–water partition coefficient (Wildman–Crippen LogP) is 3.62. The third-order valence-corrected chi connectivity index (χ3v) is 3.67. The number of piperazine rings is 1. The molecule has 0 amide bonds. The van der Waals surface area contributed by atoms with Gasteiger partial charge in [-0.2, -0.15) is 13.2 Å². The minimum absolute atomic E-state index is 0. The van der Waals surface area contributed by atoms with Crippen molar-refractivity contribution in [2.75, 3.05) is 26.2 Å². The van der Waals surface area contributed by atoms with Gasteiger partial charge in [-0.3, -0.25) is 4.90 Å². The van der Waals surface area contributed by atoms with Gasteiger partial charge in [0, 0.05) is 32.2 Å². The molecule has 0 radical (unpaired) electrons. The minimum Gasteiger partial charge on any atom is -0.314 e. The average molecular weight is 327 g/mol. The number of hydrogen-bond acceptors (Lipinski definition) is 2. The van der Waals surface area contributed by atoms with Crippen molar-refractivity contribution in [2.24, 2.45) is 0 Å². The average Bonchev–Trinajstić information content (AvgIpc) is 2.39. The Morgan fingerprint density at radius 1 is 1.24 bits per heavy atom. The highest BCUT2D eigenvalue weighted by Gasteiger charge is 2.39. The molecule has 1 fully saturated rings. The van der Waals surface area contributed by atoms with Crippen molar-refractivity contribution < 1.29 is 17.6 Å². The summed E-state index contributed by atoms with van der Waals surface area (Å²) >= 11 is 0. The number of alkyl halides is 3. The Bertz CT molecular complexity index is 459. The Kier molecular flexibility index (Phi) is 6.43.